The Balaban J connectivity index is 2.03. The maximum Gasteiger partial charge on any atom is 0.267 e. The van der Waals surface area contributed by atoms with Gasteiger partial charge >= 0.3 is 0 Å². The summed E-state index contributed by atoms with van der Waals surface area (Å²) < 4.78 is 28.7. The zero-order valence-corrected chi connectivity index (χ0v) is 15.6. The smallest absolute Gasteiger partial charge is 0.267 e. The summed E-state index contributed by atoms with van der Waals surface area (Å²) in [4.78, 5) is 3.93. The molecule has 0 aliphatic heterocycles. The largest absolute Gasteiger partial charge is 0.505 e. The van der Waals surface area contributed by atoms with Crippen molar-refractivity contribution in [1.82, 2.24) is 4.98 Å². The van der Waals surface area contributed by atoms with Gasteiger partial charge in [0, 0.05) is 4.47 Å². The first-order valence-corrected chi connectivity index (χ1v) is 9.81. The predicted octanol–water partition coefficient (Wildman–Crippen LogP) is 4.53. The van der Waals surface area contributed by atoms with Gasteiger partial charge in [-0.15, -0.1) is 0 Å². The highest BCUT2D eigenvalue weighted by molar-refractivity contribution is 9.10. The van der Waals surface area contributed by atoms with Gasteiger partial charge in [0.25, 0.3) is 10.0 Å². The number of nitrogens with zero attached hydrogens (tertiary/aromatic N) is 1. The number of fused-ring (bicyclic) bond motifs is 1. The minimum atomic E-state index is -4.01. The van der Waals surface area contributed by atoms with Gasteiger partial charge in [-0.1, -0.05) is 44.9 Å². The van der Waals surface area contributed by atoms with E-state index in [1.807, 2.05) is 25.1 Å². The van der Waals surface area contributed by atoms with Gasteiger partial charge in [0.2, 0.25) is 0 Å². The van der Waals surface area contributed by atoms with Crippen molar-refractivity contribution >= 4 is 64.2 Å². The fourth-order valence-electron chi connectivity index (χ4n) is 1.99. The lowest BCUT2D eigenvalue weighted by atomic mass is 10.2. The molecule has 3 rings (SSSR count). The van der Waals surface area contributed by atoms with Crippen LogP contribution in [0.2, 0.25) is 5.02 Å². The third-order valence-electron chi connectivity index (χ3n) is 3.05. The van der Waals surface area contributed by atoms with E-state index in [0.717, 1.165) is 10.3 Å². The SMILES string of the molecule is Cc1ccc2nc(NS(=O)(=O)c3cc(Br)cc(Cl)c3O)sc2c1. The van der Waals surface area contributed by atoms with E-state index in [2.05, 4.69) is 25.6 Å². The molecule has 0 saturated heterocycles. The van der Waals surface area contributed by atoms with Gasteiger partial charge in [-0.05, 0) is 36.8 Å². The Bertz CT molecular complexity index is 1020. The molecule has 23 heavy (non-hydrogen) atoms. The number of benzene rings is 2. The summed E-state index contributed by atoms with van der Waals surface area (Å²) in [6.45, 7) is 1.95. The highest BCUT2D eigenvalue weighted by Crippen LogP contribution is 2.36. The summed E-state index contributed by atoms with van der Waals surface area (Å²) in [6, 6.07) is 8.35. The summed E-state index contributed by atoms with van der Waals surface area (Å²) >= 11 is 10.2. The molecule has 1 aromatic heterocycles. The first-order chi connectivity index (χ1) is 10.8. The zero-order chi connectivity index (χ0) is 16.8. The molecule has 0 aliphatic carbocycles. The topological polar surface area (TPSA) is 79.3 Å². The van der Waals surface area contributed by atoms with Crippen LogP contribution in [0.4, 0.5) is 5.13 Å². The molecular weight excluding hydrogens is 424 g/mol. The molecule has 0 fully saturated rings. The second-order valence-corrected chi connectivity index (χ2v) is 8.83. The van der Waals surface area contributed by atoms with Crippen LogP contribution in [-0.4, -0.2) is 18.5 Å². The lowest BCUT2D eigenvalue weighted by molar-refractivity contribution is 0.459. The summed E-state index contributed by atoms with van der Waals surface area (Å²) in [5, 5.41) is 10.1. The summed E-state index contributed by atoms with van der Waals surface area (Å²) in [7, 11) is -4.01. The Kier molecular flexibility index (Phi) is 4.26. The van der Waals surface area contributed by atoms with Gasteiger partial charge in [-0.25, -0.2) is 13.4 Å². The van der Waals surface area contributed by atoms with E-state index in [0.29, 0.717) is 9.99 Å². The van der Waals surface area contributed by atoms with Crippen LogP contribution in [0.1, 0.15) is 5.56 Å². The van der Waals surface area contributed by atoms with Gasteiger partial charge in [-0.2, -0.15) is 0 Å². The van der Waals surface area contributed by atoms with E-state index >= 15 is 0 Å². The van der Waals surface area contributed by atoms with E-state index in [4.69, 9.17) is 11.6 Å². The molecule has 2 N–H and O–H groups in total. The molecule has 9 heteroatoms. The maximum absolute atomic E-state index is 12.5. The van der Waals surface area contributed by atoms with Crippen LogP contribution in [0.25, 0.3) is 10.2 Å². The quantitative estimate of drug-likeness (QED) is 0.636. The number of aromatic hydroxyl groups is 1. The van der Waals surface area contributed by atoms with E-state index in [1.165, 1.54) is 23.5 Å². The first-order valence-electron chi connectivity index (χ1n) is 6.34. The van der Waals surface area contributed by atoms with Crippen molar-refractivity contribution in [2.45, 2.75) is 11.8 Å². The number of halogens is 2. The second kappa shape index (κ2) is 5.94. The lowest BCUT2D eigenvalue weighted by Gasteiger charge is -2.08. The number of rotatable bonds is 3. The Morgan fingerprint density at radius 2 is 2.04 bits per heavy atom. The third-order valence-corrected chi connectivity index (χ3v) is 6.21. The minimum Gasteiger partial charge on any atom is -0.505 e. The number of aromatic nitrogens is 1. The summed E-state index contributed by atoms with van der Waals surface area (Å²) in [6.07, 6.45) is 0. The number of anilines is 1. The molecule has 0 amide bonds. The Morgan fingerprint density at radius 3 is 2.78 bits per heavy atom. The van der Waals surface area contributed by atoms with E-state index in [-0.39, 0.29) is 15.0 Å². The van der Waals surface area contributed by atoms with Crippen LogP contribution in [0.5, 0.6) is 5.75 Å². The molecule has 5 nitrogen and oxygen atoms in total. The number of phenols is 1. The molecule has 120 valence electrons. The molecular formula is C14H10BrClN2O3S2. The molecule has 1 heterocycles. The Morgan fingerprint density at radius 1 is 1.30 bits per heavy atom. The number of phenolic OH excluding ortho intramolecular Hbond substituents is 1. The predicted molar refractivity (Wildman–Crippen MR) is 96.0 cm³/mol. The highest BCUT2D eigenvalue weighted by atomic mass is 79.9. The number of aryl methyl sites for hydroxylation is 1. The summed E-state index contributed by atoms with van der Waals surface area (Å²) in [5.74, 6) is -0.501. The average molecular weight is 434 g/mol. The summed E-state index contributed by atoms with van der Waals surface area (Å²) in [5.41, 5.74) is 1.77. The van der Waals surface area contributed by atoms with Crippen molar-refractivity contribution in [2.24, 2.45) is 0 Å². The van der Waals surface area contributed by atoms with Gasteiger partial charge in [0.05, 0.1) is 15.2 Å². The molecule has 0 spiro atoms. The molecule has 0 unspecified atom stereocenters. The van der Waals surface area contributed by atoms with Crippen molar-refractivity contribution in [1.29, 1.82) is 0 Å². The van der Waals surface area contributed by atoms with E-state index < -0.39 is 15.8 Å². The van der Waals surface area contributed by atoms with Crippen molar-refractivity contribution < 1.29 is 13.5 Å². The van der Waals surface area contributed by atoms with Crippen LogP contribution >= 0.6 is 38.9 Å². The van der Waals surface area contributed by atoms with Crippen LogP contribution in [0.15, 0.2) is 39.7 Å². The second-order valence-electron chi connectivity index (χ2n) is 4.83. The molecule has 0 aliphatic rings. The van der Waals surface area contributed by atoms with Crippen molar-refractivity contribution in [3.63, 3.8) is 0 Å². The van der Waals surface area contributed by atoms with Gasteiger partial charge in [0.15, 0.2) is 10.9 Å². The molecule has 2 aromatic carbocycles. The Hall–Kier alpha value is -1.35. The van der Waals surface area contributed by atoms with Crippen LogP contribution in [-0.2, 0) is 10.0 Å². The maximum atomic E-state index is 12.5. The zero-order valence-electron chi connectivity index (χ0n) is 11.7. The molecule has 0 saturated carbocycles. The van der Waals surface area contributed by atoms with E-state index in [9.17, 15) is 13.5 Å². The van der Waals surface area contributed by atoms with Gasteiger partial charge in [-0.3, -0.25) is 4.72 Å². The molecule has 0 atom stereocenters. The Labute approximate surface area is 150 Å². The number of hydrogen-bond donors (Lipinski definition) is 2. The van der Waals surface area contributed by atoms with Crippen molar-refractivity contribution in [3.8, 4) is 5.75 Å². The first kappa shape index (κ1) is 16.5. The average Bonchev–Trinajstić information content (AvgIpc) is 2.83. The van der Waals surface area contributed by atoms with Crippen molar-refractivity contribution in [2.75, 3.05) is 4.72 Å². The fraction of sp³-hybridized carbons (Fsp3) is 0.0714. The third kappa shape index (κ3) is 3.30. The number of sulfonamides is 1. The highest BCUT2D eigenvalue weighted by Gasteiger charge is 2.23. The van der Waals surface area contributed by atoms with E-state index in [1.54, 1.807) is 0 Å². The van der Waals surface area contributed by atoms with Gasteiger partial charge < -0.3 is 5.11 Å². The lowest BCUT2D eigenvalue weighted by Crippen LogP contribution is -2.13. The number of thiazole rings is 1. The standard InChI is InChI=1S/C14H10BrClN2O3S2/c1-7-2-3-10-11(4-7)22-14(17-10)18-23(20,21)12-6-8(15)5-9(16)13(12)19/h2-6,19H,1H3,(H,17,18). The monoisotopic (exact) mass is 432 g/mol. The molecule has 0 bridgehead atoms. The van der Waals surface area contributed by atoms with Crippen LogP contribution in [0.3, 0.4) is 0 Å². The van der Waals surface area contributed by atoms with Gasteiger partial charge in [0.1, 0.15) is 4.90 Å². The normalized spacial score (nSPS) is 11.8. The van der Waals surface area contributed by atoms with Crippen LogP contribution in [0, 0.1) is 6.92 Å². The number of nitrogens with one attached hydrogen (secondary N) is 1. The van der Waals surface area contributed by atoms with Crippen LogP contribution < -0.4 is 4.72 Å². The van der Waals surface area contributed by atoms with Crippen molar-refractivity contribution in [3.05, 3.63) is 45.4 Å². The molecule has 3 aromatic rings. The number of hydrogen-bond acceptors (Lipinski definition) is 5. The molecule has 0 radical (unpaired) electrons. The fourth-order valence-corrected chi connectivity index (χ4v) is 5.35. The minimum absolute atomic E-state index is 0.0559.